The predicted octanol–water partition coefficient (Wildman–Crippen LogP) is 0.0335. The van der Waals surface area contributed by atoms with E-state index >= 15 is 0 Å². The zero-order chi connectivity index (χ0) is 25.7. The maximum absolute atomic E-state index is 12.3. The molecule has 0 bridgehead atoms. The van der Waals surface area contributed by atoms with Crippen LogP contribution in [0.25, 0.3) is 6.08 Å². The first kappa shape index (κ1) is 28.6. The van der Waals surface area contributed by atoms with Crippen LogP contribution in [0, 0.1) is 0 Å². The maximum atomic E-state index is 12.3. The molecule has 34 heavy (non-hydrogen) atoms. The largest absolute Gasteiger partial charge is 0.502 e. The van der Waals surface area contributed by atoms with Crippen molar-refractivity contribution in [3.8, 4) is 17.2 Å². The van der Waals surface area contributed by atoms with E-state index in [2.05, 4.69) is 10.6 Å². The third-order valence-corrected chi connectivity index (χ3v) is 5.37. The lowest BCUT2D eigenvalue weighted by molar-refractivity contribution is -0.139. The highest BCUT2D eigenvalue weighted by Gasteiger charge is 2.22. The van der Waals surface area contributed by atoms with E-state index in [1.54, 1.807) is 24.3 Å². The van der Waals surface area contributed by atoms with Gasteiger partial charge in [-0.15, -0.1) is 0 Å². The van der Waals surface area contributed by atoms with E-state index in [1.807, 2.05) is 0 Å². The van der Waals surface area contributed by atoms with Gasteiger partial charge in [0.15, 0.2) is 11.5 Å². The van der Waals surface area contributed by atoms with E-state index in [1.165, 1.54) is 26.0 Å². The molecule has 7 N–H and O–H groups in total. The number of phenolic OH excluding ortho intramolecular Hbond substituents is 1. The van der Waals surface area contributed by atoms with Gasteiger partial charge in [0.2, 0.25) is 17.6 Å². The average molecular weight is 500 g/mol. The number of hydrogen-bond donors (Lipinski definition) is 6. The fraction of sp³-hybridized carbons (Fsp3) is 0.429. The van der Waals surface area contributed by atoms with Crippen LogP contribution in [0.4, 0.5) is 0 Å². The number of rotatable bonds is 15. The summed E-state index contributed by atoms with van der Waals surface area (Å²) >= 11 is 1.30. The Morgan fingerprint density at radius 3 is 2.29 bits per heavy atom. The summed E-state index contributed by atoms with van der Waals surface area (Å²) in [5, 5.41) is 32.2. The van der Waals surface area contributed by atoms with Crippen LogP contribution in [0.5, 0.6) is 17.2 Å². The number of carbonyl (C=O) groups is 4. The summed E-state index contributed by atoms with van der Waals surface area (Å²) in [6, 6.07) is 0.994. The van der Waals surface area contributed by atoms with Crippen LogP contribution in [-0.2, 0) is 19.2 Å². The van der Waals surface area contributed by atoms with E-state index in [0.29, 0.717) is 11.3 Å². The molecule has 0 saturated carbocycles. The molecule has 2 amide bonds. The average Bonchev–Trinajstić information content (AvgIpc) is 2.80. The van der Waals surface area contributed by atoms with Gasteiger partial charge in [-0.25, -0.2) is 0 Å². The van der Waals surface area contributed by atoms with Crippen LogP contribution < -0.4 is 25.8 Å². The fourth-order valence-electron chi connectivity index (χ4n) is 2.59. The molecule has 0 aliphatic rings. The van der Waals surface area contributed by atoms with Crippen molar-refractivity contribution in [1.82, 2.24) is 10.6 Å². The predicted molar refractivity (Wildman–Crippen MR) is 125 cm³/mol. The summed E-state index contributed by atoms with van der Waals surface area (Å²) in [6.07, 6.45) is 3.23. The van der Waals surface area contributed by atoms with Crippen molar-refractivity contribution >= 4 is 41.6 Å². The first-order chi connectivity index (χ1) is 16.1. The number of hydrogen-bond acceptors (Lipinski definition) is 9. The molecule has 0 spiro atoms. The molecule has 0 aliphatic heterocycles. The Balaban J connectivity index is 2.71. The van der Waals surface area contributed by atoms with Gasteiger partial charge in [0.05, 0.1) is 14.2 Å². The van der Waals surface area contributed by atoms with Gasteiger partial charge in [-0.1, -0.05) is 12.2 Å². The molecule has 0 heterocycles. The molecule has 0 saturated heterocycles. The number of nitrogens with two attached hydrogens (primary N) is 1. The number of ether oxygens (including phenoxy) is 2. The first-order valence-corrected chi connectivity index (χ1v) is 11.2. The number of nitrogens with one attached hydrogen (secondary N) is 2. The number of carboxylic acid groups (broad SMARTS) is 2. The Bertz CT molecular complexity index is 882. The van der Waals surface area contributed by atoms with Gasteiger partial charge in [-0.2, -0.15) is 11.8 Å². The summed E-state index contributed by atoms with van der Waals surface area (Å²) < 4.78 is 10.2. The molecule has 1 rings (SSSR count). The molecule has 2 atom stereocenters. The molecule has 0 radical (unpaired) electrons. The third-order valence-electron chi connectivity index (χ3n) is 4.38. The van der Waals surface area contributed by atoms with Crippen LogP contribution in [0.2, 0.25) is 0 Å². The normalized spacial score (nSPS) is 12.6. The number of carbonyl (C=O) groups excluding carboxylic acids is 2. The second kappa shape index (κ2) is 14.6. The first-order valence-electron chi connectivity index (χ1n) is 10.1. The van der Waals surface area contributed by atoms with E-state index in [-0.39, 0.29) is 35.8 Å². The molecule has 0 fully saturated rings. The Labute approximate surface area is 200 Å². The molecule has 188 valence electrons. The highest BCUT2D eigenvalue weighted by Crippen LogP contribution is 2.37. The van der Waals surface area contributed by atoms with Crippen molar-refractivity contribution in [3.05, 3.63) is 23.8 Å². The third kappa shape index (κ3) is 10.0. The van der Waals surface area contributed by atoms with Gasteiger partial charge in [-0.3, -0.25) is 19.2 Å². The second-order valence-corrected chi connectivity index (χ2v) is 8.00. The topological polar surface area (TPSA) is 198 Å². The Hall–Kier alpha value is -3.45. The lowest BCUT2D eigenvalue weighted by Gasteiger charge is -2.18. The van der Waals surface area contributed by atoms with Crippen LogP contribution in [0.15, 0.2) is 18.2 Å². The van der Waals surface area contributed by atoms with Crippen molar-refractivity contribution in [3.63, 3.8) is 0 Å². The van der Waals surface area contributed by atoms with Crippen LogP contribution >= 0.6 is 11.8 Å². The number of methoxy groups -OCH3 is 2. The molecule has 0 unspecified atom stereocenters. The van der Waals surface area contributed by atoms with Crippen molar-refractivity contribution in [2.45, 2.75) is 24.9 Å². The summed E-state index contributed by atoms with van der Waals surface area (Å²) in [5.74, 6) is -2.79. The SMILES string of the molecule is COc1cc(/C=C/CSC[C@H](NC(=O)CC[C@H](N)C(=O)O)C(=O)NCC(=O)O)cc(OC)c1O. The molecular formula is C21H29N3O9S. The van der Waals surface area contributed by atoms with Crippen molar-refractivity contribution in [1.29, 1.82) is 0 Å². The lowest BCUT2D eigenvalue weighted by Crippen LogP contribution is -2.49. The zero-order valence-corrected chi connectivity index (χ0v) is 19.6. The number of carboxylic acids is 2. The molecule has 0 aliphatic carbocycles. The van der Waals surface area contributed by atoms with Gasteiger partial charge >= 0.3 is 11.9 Å². The molecule has 1 aromatic carbocycles. The minimum absolute atomic E-state index is 0.111. The van der Waals surface area contributed by atoms with Crippen LogP contribution in [-0.4, -0.2) is 83.4 Å². The van der Waals surface area contributed by atoms with Gasteiger partial charge in [0.1, 0.15) is 18.6 Å². The highest BCUT2D eigenvalue weighted by molar-refractivity contribution is 7.99. The number of aromatic hydroxyl groups is 1. The van der Waals surface area contributed by atoms with Crippen LogP contribution in [0.3, 0.4) is 0 Å². The van der Waals surface area contributed by atoms with Crippen molar-refractivity contribution in [2.75, 3.05) is 32.3 Å². The number of aliphatic carboxylic acids is 2. The van der Waals surface area contributed by atoms with Gasteiger partial charge in [0.25, 0.3) is 0 Å². The maximum Gasteiger partial charge on any atom is 0.322 e. The fourth-order valence-corrected chi connectivity index (χ4v) is 3.43. The van der Waals surface area contributed by atoms with Gasteiger partial charge in [-0.05, 0) is 24.1 Å². The van der Waals surface area contributed by atoms with Crippen molar-refractivity contribution in [2.24, 2.45) is 5.73 Å². The summed E-state index contributed by atoms with van der Waals surface area (Å²) in [4.78, 5) is 45.9. The van der Waals surface area contributed by atoms with E-state index < -0.39 is 42.4 Å². The van der Waals surface area contributed by atoms with Gasteiger partial charge in [0, 0.05) is 17.9 Å². The van der Waals surface area contributed by atoms with Crippen LogP contribution in [0.1, 0.15) is 18.4 Å². The number of thioether (sulfide) groups is 1. The number of benzene rings is 1. The highest BCUT2D eigenvalue weighted by atomic mass is 32.2. The van der Waals surface area contributed by atoms with Gasteiger partial charge < -0.3 is 41.2 Å². The molecule has 0 aromatic heterocycles. The summed E-state index contributed by atoms with van der Waals surface area (Å²) in [7, 11) is 2.83. The minimum Gasteiger partial charge on any atom is -0.502 e. The smallest absolute Gasteiger partial charge is 0.322 e. The molecule has 1 aromatic rings. The zero-order valence-electron chi connectivity index (χ0n) is 18.8. The number of phenols is 1. The number of amides is 2. The van der Waals surface area contributed by atoms with E-state index in [9.17, 15) is 24.3 Å². The molecule has 13 heteroatoms. The monoisotopic (exact) mass is 499 g/mol. The minimum atomic E-state index is -1.24. The van der Waals surface area contributed by atoms with Crippen molar-refractivity contribution < 1.29 is 44.0 Å². The standard InChI is InChI=1S/C21H29N3O9S/c1-32-15-8-12(9-16(33-2)19(15)28)4-3-7-34-11-14(20(29)23-10-18(26)27)24-17(25)6-5-13(22)21(30)31/h3-4,8-9,13-14,28H,5-7,10-11,22H2,1-2H3,(H,23,29)(H,24,25)(H,26,27)(H,30,31)/b4-3+/t13-,14-/m0/s1. The van der Waals surface area contributed by atoms with E-state index in [0.717, 1.165) is 0 Å². The second-order valence-electron chi connectivity index (χ2n) is 6.93. The Kier molecular flexibility index (Phi) is 12.3. The summed E-state index contributed by atoms with van der Waals surface area (Å²) in [5.41, 5.74) is 6.08. The molecular weight excluding hydrogens is 470 g/mol. The lowest BCUT2D eigenvalue weighted by atomic mass is 10.1. The van der Waals surface area contributed by atoms with E-state index in [4.69, 9.17) is 25.4 Å². The Morgan fingerprint density at radius 1 is 1.15 bits per heavy atom. The Morgan fingerprint density at radius 2 is 1.76 bits per heavy atom. The quantitative estimate of drug-likeness (QED) is 0.178. The summed E-state index contributed by atoms with van der Waals surface area (Å²) in [6.45, 7) is -0.607. The molecule has 12 nitrogen and oxygen atoms in total.